The molecule has 3 rings (SSSR count). The summed E-state index contributed by atoms with van der Waals surface area (Å²) >= 11 is 5.48. The summed E-state index contributed by atoms with van der Waals surface area (Å²) in [6.07, 6.45) is -0.121. The summed E-state index contributed by atoms with van der Waals surface area (Å²) in [4.78, 5) is 12.8. The molecule has 1 aliphatic rings. The van der Waals surface area contributed by atoms with Gasteiger partial charge in [0.15, 0.2) is 18.5 Å². The van der Waals surface area contributed by atoms with Crippen molar-refractivity contribution in [2.45, 2.75) is 25.2 Å². The van der Waals surface area contributed by atoms with Crippen molar-refractivity contribution in [2.24, 2.45) is 7.05 Å². The number of nitrogens with one attached hydrogen (secondary N) is 1. The molecule has 0 aliphatic carbocycles. The van der Waals surface area contributed by atoms with E-state index in [1.165, 1.54) is 7.11 Å². The van der Waals surface area contributed by atoms with E-state index in [0.29, 0.717) is 24.4 Å². The number of aliphatic hydroxyl groups excluding tert-OH is 1. The van der Waals surface area contributed by atoms with Gasteiger partial charge in [-0.05, 0) is 12.2 Å². The highest BCUT2D eigenvalue weighted by atomic mass is 32.1. The molecule has 7 nitrogen and oxygen atoms in total. The van der Waals surface area contributed by atoms with E-state index in [2.05, 4.69) is 5.10 Å². The quantitative estimate of drug-likeness (QED) is 0.589. The van der Waals surface area contributed by atoms with Crippen LogP contribution in [-0.2, 0) is 23.2 Å². The van der Waals surface area contributed by atoms with Gasteiger partial charge < -0.3 is 19.3 Å². The van der Waals surface area contributed by atoms with Gasteiger partial charge in [0.1, 0.15) is 12.6 Å². The fraction of sp³-hybridized carbons (Fsp3) is 0.438. The molecule has 1 saturated heterocycles. The zero-order chi connectivity index (χ0) is 17.3. The van der Waals surface area contributed by atoms with Crippen LogP contribution < -0.4 is 4.90 Å². The fourth-order valence-corrected chi connectivity index (χ4v) is 3.36. The second kappa shape index (κ2) is 6.84. The first kappa shape index (κ1) is 16.8. The minimum absolute atomic E-state index is 0.313. The highest BCUT2D eigenvalue weighted by Gasteiger charge is 2.41. The Bertz CT molecular complexity index is 786. The average molecular weight is 349 g/mol. The van der Waals surface area contributed by atoms with Gasteiger partial charge in [-0.3, -0.25) is 0 Å². The van der Waals surface area contributed by atoms with Crippen molar-refractivity contribution >= 4 is 18.2 Å². The molecule has 1 aliphatic heterocycles. The number of aliphatic hydroxyl groups is 1. The average Bonchev–Trinajstić information content (AvgIpc) is 3.10. The van der Waals surface area contributed by atoms with E-state index in [9.17, 15) is 9.90 Å². The highest BCUT2D eigenvalue weighted by molar-refractivity contribution is 7.71. The van der Waals surface area contributed by atoms with Crippen LogP contribution in [0, 0.1) is 4.77 Å². The number of rotatable bonds is 4. The fourth-order valence-electron chi connectivity index (χ4n) is 3.17. The van der Waals surface area contributed by atoms with E-state index in [1.54, 1.807) is 4.68 Å². The summed E-state index contributed by atoms with van der Waals surface area (Å²) in [5.41, 5.74) is 0.978. The van der Waals surface area contributed by atoms with E-state index in [0.717, 1.165) is 16.3 Å². The number of likely N-dealkylation sites (tertiary alicyclic amines) is 1. The van der Waals surface area contributed by atoms with Crippen LogP contribution in [0.2, 0.25) is 0 Å². The van der Waals surface area contributed by atoms with Gasteiger partial charge in [0.05, 0.1) is 7.11 Å². The van der Waals surface area contributed by atoms with Crippen LogP contribution in [0.4, 0.5) is 0 Å². The lowest BCUT2D eigenvalue weighted by Gasteiger charge is -2.18. The molecule has 1 unspecified atom stereocenters. The van der Waals surface area contributed by atoms with Crippen molar-refractivity contribution in [1.82, 2.24) is 14.3 Å². The molecular formula is C16H21N4O3S+. The Hall–Kier alpha value is -2.03. The maximum atomic E-state index is 11.9. The van der Waals surface area contributed by atoms with Gasteiger partial charge in [-0.25, -0.2) is 4.79 Å². The summed E-state index contributed by atoms with van der Waals surface area (Å²) in [5, 5.41) is 14.5. The highest BCUT2D eigenvalue weighted by Crippen LogP contribution is 2.16. The summed E-state index contributed by atoms with van der Waals surface area (Å²) < 4.78 is 8.98. The van der Waals surface area contributed by atoms with Gasteiger partial charge in [-0.15, -0.1) is 5.10 Å². The van der Waals surface area contributed by atoms with Crippen molar-refractivity contribution < 1.29 is 19.5 Å². The second-order valence-electron chi connectivity index (χ2n) is 6.02. The Morgan fingerprint density at radius 2 is 2.17 bits per heavy atom. The number of aromatic nitrogens is 3. The summed E-state index contributed by atoms with van der Waals surface area (Å²) in [7, 11) is 3.24. The number of nitrogens with zero attached hydrogens (tertiary/aromatic N) is 3. The molecule has 2 N–H and O–H groups in total. The molecule has 128 valence electrons. The number of hydrogen-bond acceptors (Lipinski definition) is 5. The Balaban J connectivity index is 1.88. The summed E-state index contributed by atoms with van der Waals surface area (Å²) in [6, 6.07) is 9.41. The van der Waals surface area contributed by atoms with Gasteiger partial charge >= 0.3 is 5.97 Å². The molecular weight excluding hydrogens is 328 g/mol. The molecule has 0 radical (unpaired) electrons. The third-order valence-corrected chi connectivity index (χ3v) is 4.89. The number of carbonyl (C=O) groups excluding carboxylic acids is 1. The second-order valence-corrected chi connectivity index (χ2v) is 6.38. The van der Waals surface area contributed by atoms with E-state index in [1.807, 2.05) is 41.9 Å². The monoisotopic (exact) mass is 349 g/mol. The van der Waals surface area contributed by atoms with Gasteiger partial charge in [0, 0.05) is 19.0 Å². The van der Waals surface area contributed by atoms with E-state index < -0.39 is 12.1 Å². The lowest BCUT2D eigenvalue weighted by Crippen LogP contribution is -3.14. The van der Waals surface area contributed by atoms with Gasteiger partial charge in [0.25, 0.3) is 0 Å². The minimum Gasteiger partial charge on any atom is -0.465 e. The van der Waals surface area contributed by atoms with Gasteiger partial charge in [0.2, 0.25) is 4.77 Å². The first-order valence-electron chi connectivity index (χ1n) is 7.81. The van der Waals surface area contributed by atoms with Crippen LogP contribution in [0.25, 0.3) is 11.4 Å². The van der Waals surface area contributed by atoms with E-state index in [4.69, 9.17) is 17.0 Å². The van der Waals surface area contributed by atoms with Gasteiger partial charge in [-0.2, -0.15) is 4.68 Å². The molecule has 1 aromatic carbocycles. The number of quaternary nitrogens is 1. The molecule has 2 aromatic rings. The predicted molar refractivity (Wildman–Crippen MR) is 89.7 cm³/mol. The first-order chi connectivity index (χ1) is 11.5. The zero-order valence-corrected chi connectivity index (χ0v) is 14.5. The zero-order valence-electron chi connectivity index (χ0n) is 13.7. The Morgan fingerprint density at radius 1 is 1.46 bits per heavy atom. The molecule has 0 spiro atoms. The summed E-state index contributed by atoms with van der Waals surface area (Å²) in [5.74, 6) is 0.460. The predicted octanol–water partition coefficient (Wildman–Crippen LogP) is -0.233. The number of esters is 1. The van der Waals surface area contributed by atoms with Crippen molar-refractivity contribution in [1.29, 1.82) is 0 Å². The third kappa shape index (κ3) is 3.12. The van der Waals surface area contributed by atoms with Crippen LogP contribution in [0.3, 0.4) is 0 Å². The van der Waals surface area contributed by atoms with Crippen molar-refractivity contribution in [3.8, 4) is 11.4 Å². The van der Waals surface area contributed by atoms with Crippen LogP contribution in [0.15, 0.2) is 30.3 Å². The first-order valence-corrected chi connectivity index (χ1v) is 8.21. The van der Waals surface area contributed by atoms with Crippen molar-refractivity contribution in [3.63, 3.8) is 0 Å². The number of methoxy groups -OCH3 is 1. The van der Waals surface area contributed by atoms with Crippen LogP contribution in [-0.4, -0.2) is 51.2 Å². The van der Waals surface area contributed by atoms with Crippen molar-refractivity contribution in [2.75, 3.05) is 13.7 Å². The Labute approximate surface area is 145 Å². The SMILES string of the molecule is COC(=O)[C@@H]1C[C@H](O)C[NH+]1Cn1nc(-c2ccccc2)n(C)c1=S. The third-order valence-electron chi connectivity index (χ3n) is 4.41. The number of carbonyl (C=O) groups is 1. The maximum Gasteiger partial charge on any atom is 0.364 e. The number of ether oxygens (including phenoxy) is 1. The van der Waals surface area contributed by atoms with Crippen molar-refractivity contribution in [3.05, 3.63) is 35.1 Å². The molecule has 24 heavy (non-hydrogen) atoms. The maximum absolute atomic E-state index is 11.9. The van der Waals surface area contributed by atoms with Crippen LogP contribution >= 0.6 is 12.2 Å². The Morgan fingerprint density at radius 3 is 2.83 bits per heavy atom. The molecule has 0 bridgehead atoms. The lowest BCUT2D eigenvalue weighted by molar-refractivity contribution is -0.928. The molecule has 1 fully saturated rings. The molecule has 8 heteroatoms. The minimum atomic E-state index is -0.518. The van der Waals surface area contributed by atoms with E-state index >= 15 is 0 Å². The lowest BCUT2D eigenvalue weighted by atomic mass is 10.2. The number of benzene rings is 1. The number of hydrogen-bond donors (Lipinski definition) is 2. The van der Waals surface area contributed by atoms with Crippen LogP contribution in [0.1, 0.15) is 6.42 Å². The smallest absolute Gasteiger partial charge is 0.364 e. The van der Waals surface area contributed by atoms with E-state index in [-0.39, 0.29) is 5.97 Å². The topological polar surface area (TPSA) is 73.7 Å². The molecule has 2 heterocycles. The Kier molecular flexibility index (Phi) is 4.79. The largest absolute Gasteiger partial charge is 0.465 e. The molecule has 3 atom stereocenters. The standard InChI is InChI=1S/C16H20N4O3S/c1-18-14(11-6-4-3-5-7-11)17-20(16(18)24)10-19-9-12(21)8-13(19)15(22)23-2/h3-7,12-13,21H,8-10H2,1-2H3/p+1/t12-,13-/m0/s1. The normalized spacial score (nSPS) is 23.4. The molecule has 0 saturated carbocycles. The van der Waals surface area contributed by atoms with Crippen LogP contribution in [0.5, 0.6) is 0 Å². The summed E-state index contributed by atoms with van der Waals surface area (Å²) in [6.45, 7) is 0.884. The van der Waals surface area contributed by atoms with Gasteiger partial charge in [-0.1, -0.05) is 30.3 Å². The molecule has 0 amide bonds. The molecule has 1 aromatic heterocycles.